The Balaban J connectivity index is 1.63. The predicted octanol–water partition coefficient (Wildman–Crippen LogP) is 5.37. The number of rotatable bonds is 7. The minimum absolute atomic E-state index is 0.0607. The highest BCUT2D eigenvalue weighted by Crippen LogP contribution is 2.28. The van der Waals surface area contributed by atoms with E-state index in [0.717, 1.165) is 42.3 Å². The minimum atomic E-state index is -3.60. The lowest BCUT2D eigenvalue weighted by Gasteiger charge is -2.32. The average molecular weight is 500 g/mol. The molecule has 0 radical (unpaired) electrons. The number of aromatic nitrogens is 1. The number of carbonyl (C=O) groups excluding carboxylic acids is 1. The molecule has 1 aliphatic carbocycles. The van der Waals surface area contributed by atoms with E-state index in [1.54, 1.807) is 16.4 Å². The third-order valence-electron chi connectivity index (χ3n) is 6.68. The van der Waals surface area contributed by atoms with Crippen molar-refractivity contribution < 1.29 is 13.2 Å². The van der Waals surface area contributed by atoms with Crippen LogP contribution in [0.4, 0.5) is 0 Å². The SMILES string of the molecule is CCc1cccc2sc(=NC(=O)c3ccc(S(=O)(=O)N(CC)C4CCCCC4)cc3)n(CC)c12. The van der Waals surface area contributed by atoms with Gasteiger partial charge in [0.05, 0.1) is 15.1 Å². The molecule has 0 N–H and O–H groups in total. The number of benzene rings is 2. The van der Waals surface area contributed by atoms with Crippen molar-refractivity contribution in [2.45, 2.75) is 76.8 Å². The van der Waals surface area contributed by atoms with Crippen molar-refractivity contribution >= 4 is 37.5 Å². The van der Waals surface area contributed by atoms with Gasteiger partial charge in [-0.1, -0.05) is 56.6 Å². The summed E-state index contributed by atoms with van der Waals surface area (Å²) in [4.78, 5) is 18.3. The van der Waals surface area contributed by atoms with Gasteiger partial charge < -0.3 is 4.57 Å². The van der Waals surface area contributed by atoms with Crippen LogP contribution >= 0.6 is 11.3 Å². The number of hydrogen-bond acceptors (Lipinski definition) is 4. The molecule has 34 heavy (non-hydrogen) atoms. The van der Waals surface area contributed by atoms with Crippen LogP contribution in [0.3, 0.4) is 0 Å². The summed E-state index contributed by atoms with van der Waals surface area (Å²) < 4.78 is 31.4. The van der Waals surface area contributed by atoms with Gasteiger partial charge in [-0.15, -0.1) is 0 Å². The highest BCUT2D eigenvalue weighted by molar-refractivity contribution is 7.89. The van der Waals surface area contributed by atoms with Gasteiger partial charge in [-0.05, 0) is 62.1 Å². The summed E-state index contributed by atoms with van der Waals surface area (Å²) in [6.45, 7) is 7.23. The first kappa shape index (κ1) is 24.8. The molecule has 182 valence electrons. The first-order valence-corrected chi connectivity index (χ1v) is 14.5. The molecule has 2 aromatic carbocycles. The Labute approximate surface area is 206 Å². The summed E-state index contributed by atoms with van der Waals surface area (Å²) in [7, 11) is -3.60. The van der Waals surface area contributed by atoms with Crippen molar-refractivity contribution in [1.29, 1.82) is 0 Å². The van der Waals surface area contributed by atoms with E-state index >= 15 is 0 Å². The predicted molar refractivity (Wildman–Crippen MR) is 138 cm³/mol. The molecule has 1 saturated carbocycles. The maximum absolute atomic E-state index is 13.3. The number of hydrogen-bond donors (Lipinski definition) is 0. The van der Waals surface area contributed by atoms with E-state index < -0.39 is 10.0 Å². The standard InChI is InChI=1S/C26H33N3O3S2/c1-4-19-11-10-14-23-24(19)28(5-2)26(33-23)27-25(30)20-15-17-22(18-16-20)34(31,32)29(6-3)21-12-8-7-9-13-21/h10-11,14-18,21H,4-9,12-13H2,1-3H3. The van der Waals surface area contributed by atoms with Crippen LogP contribution in [0.5, 0.6) is 0 Å². The van der Waals surface area contributed by atoms with Gasteiger partial charge >= 0.3 is 0 Å². The highest BCUT2D eigenvalue weighted by Gasteiger charge is 2.31. The number of carbonyl (C=O) groups is 1. The fourth-order valence-corrected chi connectivity index (χ4v) is 7.75. The number of thiazole rings is 1. The van der Waals surface area contributed by atoms with Crippen molar-refractivity contribution in [2.24, 2.45) is 4.99 Å². The zero-order valence-corrected chi connectivity index (χ0v) is 21.8. The molecule has 0 aliphatic heterocycles. The molecule has 8 heteroatoms. The number of para-hydroxylation sites is 1. The fourth-order valence-electron chi connectivity index (χ4n) is 4.92. The van der Waals surface area contributed by atoms with E-state index in [-0.39, 0.29) is 16.8 Å². The van der Waals surface area contributed by atoms with Crippen molar-refractivity contribution in [1.82, 2.24) is 8.87 Å². The number of fused-ring (bicyclic) bond motifs is 1. The summed E-state index contributed by atoms with van der Waals surface area (Å²) in [5.74, 6) is -0.365. The lowest BCUT2D eigenvalue weighted by molar-refractivity contribution is 0.0997. The average Bonchev–Trinajstić information content (AvgIpc) is 3.22. The fraction of sp³-hybridized carbons (Fsp3) is 0.462. The van der Waals surface area contributed by atoms with Crippen LogP contribution in [0.1, 0.15) is 68.8 Å². The first-order valence-electron chi connectivity index (χ1n) is 12.2. The van der Waals surface area contributed by atoms with Crippen molar-refractivity contribution in [3.8, 4) is 0 Å². The van der Waals surface area contributed by atoms with Gasteiger partial charge in [0.15, 0.2) is 4.80 Å². The van der Waals surface area contributed by atoms with E-state index in [2.05, 4.69) is 28.6 Å². The molecule has 6 nitrogen and oxygen atoms in total. The molecule has 4 rings (SSSR count). The largest absolute Gasteiger partial charge is 0.316 e. The van der Waals surface area contributed by atoms with Gasteiger partial charge in [0, 0.05) is 24.7 Å². The second-order valence-corrected chi connectivity index (χ2v) is 11.6. The summed E-state index contributed by atoms with van der Waals surface area (Å²) in [6.07, 6.45) is 6.05. The van der Waals surface area contributed by atoms with Gasteiger partial charge in [-0.3, -0.25) is 4.79 Å². The van der Waals surface area contributed by atoms with Gasteiger partial charge in [-0.25, -0.2) is 8.42 Å². The molecular formula is C26H33N3O3S2. The first-order chi connectivity index (χ1) is 16.4. The third-order valence-corrected chi connectivity index (χ3v) is 9.77. The Morgan fingerprint density at radius 1 is 1.06 bits per heavy atom. The van der Waals surface area contributed by atoms with Crippen LogP contribution in [-0.4, -0.2) is 35.8 Å². The Bertz CT molecular complexity index is 1330. The molecule has 0 saturated heterocycles. The van der Waals surface area contributed by atoms with E-state index in [4.69, 9.17) is 0 Å². The van der Waals surface area contributed by atoms with Crippen molar-refractivity contribution in [3.05, 3.63) is 58.4 Å². The van der Waals surface area contributed by atoms with Crippen LogP contribution in [-0.2, 0) is 23.0 Å². The summed E-state index contributed by atoms with van der Waals surface area (Å²) in [5, 5.41) is 0. The third kappa shape index (κ3) is 4.76. The molecule has 1 amide bonds. The lowest BCUT2D eigenvalue weighted by atomic mass is 9.95. The zero-order chi connectivity index (χ0) is 24.3. The Hall–Kier alpha value is -2.29. The Morgan fingerprint density at radius 2 is 1.76 bits per heavy atom. The summed E-state index contributed by atoms with van der Waals surface area (Å²) in [6, 6.07) is 12.5. The molecular weight excluding hydrogens is 466 g/mol. The van der Waals surface area contributed by atoms with E-state index in [1.807, 2.05) is 19.9 Å². The van der Waals surface area contributed by atoms with Crippen molar-refractivity contribution in [3.63, 3.8) is 0 Å². The normalized spacial score (nSPS) is 15.9. The van der Waals surface area contributed by atoms with Crippen molar-refractivity contribution in [2.75, 3.05) is 6.54 Å². The molecule has 1 aromatic heterocycles. The van der Waals surface area contributed by atoms with Gasteiger partial charge in [0.1, 0.15) is 0 Å². The zero-order valence-electron chi connectivity index (χ0n) is 20.2. The molecule has 0 atom stereocenters. The molecule has 0 unspecified atom stereocenters. The smallest absolute Gasteiger partial charge is 0.279 e. The molecule has 0 bridgehead atoms. The van der Waals surface area contributed by atoms with Crippen LogP contribution in [0.2, 0.25) is 0 Å². The van der Waals surface area contributed by atoms with Gasteiger partial charge in [0.25, 0.3) is 5.91 Å². The monoisotopic (exact) mass is 499 g/mol. The van der Waals surface area contributed by atoms with E-state index in [1.165, 1.54) is 35.5 Å². The molecule has 0 spiro atoms. The number of amides is 1. The number of sulfonamides is 1. The lowest BCUT2D eigenvalue weighted by Crippen LogP contribution is -2.41. The van der Waals surface area contributed by atoms with Crippen LogP contribution in [0.25, 0.3) is 10.2 Å². The molecule has 3 aromatic rings. The highest BCUT2D eigenvalue weighted by atomic mass is 32.2. The topological polar surface area (TPSA) is 71.7 Å². The Kier molecular flexibility index (Phi) is 7.70. The maximum atomic E-state index is 13.3. The minimum Gasteiger partial charge on any atom is -0.316 e. The van der Waals surface area contributed by atoms with Crippen LogP contribution in [0.15, 0.2) is 52.4 Å². The molecule has 1 aliphatic rings. The van der Waals surface area contributed by atoms with E-state index in [9.17, 15) is 13.2 Å². The van der Waals surface area contributed by atoms with Gasteiger partial charge in [0.2, 0.25) is 10.0 Å². The number of nitrogens with zero attached hydrogens (tertiary/aromatic N) is 3. The summed E-state index contributed by atoms with van der Waals surface area (Å²) >= 11 is 1.50. The maximum Gasteiger partial charge on any atom is 0.279 e. The second-order valence-electron chi connectivity index (χ2n) is 8.69. The second kappa shape index (κ2) is 10.5. The molecule has 1 heterocycles. The quantitative estimate of drug-likeness (QED) is 0.439. The van der Waals surface area contributed by atoms with Gasteiger partial charge in [-0.2, -0.15) is 9.30 Å². The number of aryl methyl sites for hydroxylation is 2. The summed E-state index contributed by atoms with van der Waals surface area (Å²) in [5.41, 5.74) is 2.75. The van der Waals surface area contributed by atoms with Crippen LogP contribution in [0, 0.1) is 0 Å². The Morgan fingerprint density at radius 3 is 2.38 bits per heavy atom. The molecule has 1 fully saturated rings. The van der Waals surface area contributed by atoms with Crippen LogP contribution < -0.4 is 4.80 Å². The van der Waals surface area contributed by atoms with E-state index in [0.29, 0.717) is 23.5 Å².